The molecule has 2 aromatic rings. The van der Waals surface area contributed by atoms with Crippen LogP contribution in [0.1, 0.15) is 54.5 Å². The summed E-state index contributed by atoms with van der Waals surface area (Å²) in [4.78, 5) is 38.8. The fourth-order valence-corrected chi connectivity index (χ4v) is 3.11. The molecule has 0 bridgehead atoms. The molecule has 7 heteroatoms. The number of carbonyl (C=O) groups is 3. The number of amides is 3. The normalized spacial score (nSPS) is 15.1. The largest absolute Gasteiger partial charge is 0.459 e. The molecule has 1 aromatic heterocycles. The zero-order valence-corrected chi connectivity index (χ0v) is 17.0. The highest BCUT2D eigenvalue weighted by Crippen LogP contribution is 2.19. The standard InChI is InChI=1S/C22H27N3O4/c1-22(2,3)21(28)24-17-7-4-6-15(14-17)19(26)23-16-9-11-25(12-10-16)20(27)18-8-5-13-29-18/h4-8,13-14,16H,9-12H2,1-3H3,(H,23,26)(H,24,28). The molecule has 1 aliphatic rings. The average molecular weight is 397 g/mol. The number of furan rings is 1. The molecule has 0 saturated carbocycles. The third kappa shape index (κ3) is 5.25. The highest BCUT2D eigenvalue weighted by molar-refractivity contribution is 5.98. The van der Waals surface area contributed by atoms with Crippen molar-refractivity contribution in [2.75, 3.05) is 18.4 Å². The van der Waals surface area contributed by atoms with E-state index < -0.39 is 5.41 Å². The smallest absolute Gasteiger partial charge is 0.289 e. The molecule has 0 aliphatic carbocycles. The summed E-state index contributed by atoms with van der Waals surface area (Å²) in [6, 6.07) is 10.2. The van der Waals surface area contributed by atoms with E-state index in [-0.39, 0.29) is 23.8 Å². The number of nitrogens with zero attached hydrogens (tertiary/aromatic N) is 1. The number of benzene rings is 1. The van der Waals surface area contributed by atoms with E-state index in [4.69, 9.17) is 4.42 Å². The van der Waals surface area contributed by atoms with Crippen LogP contribution >= 0.6 is 0 Å². The van der Waals surface area contributed by atoms with Crippen LogP contribution in [0.4, 0.5) is 5.69 Å². The zero-order chi connectivity index (χ0) is 21.0. The second-order valence-corrected chi connectivity index (χ2v) is 8.30. The molecule has 1 aromatic carbocycles. The summed E-state index contributed by atoms with van der Waals surface area (Å²) in [6.07, 6.45) is 2.84. The summed E-state index contributed by atoms with van der Waals surface area (Å²) >= 11 is 0. The van der Waals surface area contributed by atoms with Crippen molar-refractivity contribution in [3.63, 3.8) is 0 Å². The first-order chi connectivity index (χ1) is 13.7. The summed E-state index contributed by atoms with van der Waals surface area (Å²) in [5.74, 6) is -0.0833. The minimum absolute atomic E-state index is 0.00373. The summed E-state index contributed by atoms with van der Waals surface area (Å²) in [5, 5.41) is 5.87. The maximum Gasteiger partial charge on any atom is 0.289 e. The van der Waals surface area contributed by atoms with Crippen molar-refractivity contribution >= 4 is 23.4 Å². The molecule has 0 spiro atoms. The molecule has 1 aliphatic heterocycles. The van der Waals surface area contributed by atoms with Gasteiger partial charge in [-0.05, 0) is 43.2 Å². The fourth-order valence-electron chi connectivity index (χ4n) is 3.11. The van der Waals surface area contributed by atoms with Crippen molar-refractivity contribution in [2.24, 2.45) is 5.41 Å². The van der Waals surface area contributed by atoms with Gasteiger partial charge in [0, 0.05) is 35.8 Å². The van der Waals surface area contributed by atoms with Gasteiger partial charge in [0.05, 0.1) is 6.26 Å². The van der Waals surface area contributed by atoms with Crippen molar-refractivity contribution in [3.8, 4) is 0 Å². The first kappa shape index (κ1) is 20.6. The van der Waals surface area contributed by atoms with Crippen LogP contribution in [0, 0.1) is 5.41 Å². The van der Waals surface area contributed by atoms with Gasteiger partial charge in [-0.3, -0.25) is 14.4 Å². The summed E-state index contributed by atoms with van der Waals surface area (Å²) in [6.45, 7) is 6.63. The van der Waals surface area contributed by atoms with Gasteiger partial charge in [0.15, 0.2) is 5.76 Å². The van der Waals surface area contributed by atoms with Gasteiger partial charge in [0.25, 0.3) is 11.8 Å². The van der Waals surface area contributed by atoms with Gasteiger partial charge in [-0.15, -0.1) is 0 Å². The van der Waals surface area contributed by atoms with E-state index in [0.29, 0.717) is 42.9 Å². The molecule has 2 heterocycles. The Bertz CT molecular complexity index is 876. The SMILES string of the molecule is CC(C)(C)C(=O)Nc1cccc(C(=O)NC2CCN(C(=O)c3ccco3)CC2)c1. The van der Waals surface area contributed by atoms with E-state index in [1.807, 2.05) is 20.8 Å². The lowest BCUT2D eigenvalue weighted by atomic mass is 9.95. The van der Waals surface area contributed by atoms with Crippen molar-refractivity contribution in [1.82, 2.24) is 10.2 Å². The predicted molar refractivity (Wildman–Crippen MR) is 110 cm³/mol. The minimum atomic E-state index is -0.515. The van der Waals surface area contributed by atoms with Crippen LogP contribution in [-0.4, -0.2) is 41.8 Å². The lowest BCUT2D eigenvalue weighted by Gasteiger charge is -2.31. The van der Waals surface area contributed by atoms with Crippen molar-refractivity contribution in [2.45, 2.75) is 39.7 Å². The topological polar surface area (TPSA) is 91.7 Å². The third-order valence-corrected chi connectivity index (χ3v) is 4.91. The van der Waals surface area contributed by atoms with Crippen LogP contribution in [0.5, 0.6) is 0 Å². The van der Waals surface area contributed by atoms with Gasteiger partial charge >= 0.3 is 0 Å². The molecule has 0 atom stereocenters. The molecule has 2 N–H and O–H groups in total. The van der Waals surface area contributed by atoms with Crippen LogP contribution < -0.4 is 10.6 Å². The van der Waals surface area contributed by atoms with Gasteiger partial charge in [0.2, 0.25) is 5.91 Å². The van der Waals surface area contributed by atoms with Crippen LogP contribution in [0.25, 0.3) is 0 Å². The molecule has 154 valence electrons. The van der Waals surface area contributed by atoms with Gasteiger partial charge in [-0.2, -0.15) is 0 Å². The van der Waals surface area contributed by atoms with Gasteiger partial charge < -0.3 is 20.0 Å². The Morgan fingerprint density at radius 1 is 1.07 bits per heavy atom. The number of nitrogens with one attached hydrogen (secondary N) is 2. The number of hydrogen-bond donors (Lipinski definition) is 2. The highest BCUT2D eigenvalue weighted by Gasteiger charge is 2.26. The van der Waals surface area contributed by atoms with Crippen molar-refractivity contribution < 1.29 is 18.8 Å². The van der Waals surface area contributed by atoms with E-state index in [1.165, 1.54) is 6.26 Å². The van der Waals surface area contributed by atoms with Crippen LogP contribution in [-0.2, 0) is 4.79 Å². The molecular formula is C22H27N3O4. The van der Waals surface area contributed by atoms with E-state index in [2.05, 4.69) is 10.6 Å². The Morgan fingerprint density at radius 2 is 1.79 bits per heavy atom. The Morgan fingerprint density at radius 3 is 2.41 bits per heavy atom. The molecular weight excluding hydrogens is 370 g/mol. The number of piperidine rings is 1. The molecule has 1 fully saturated rings. The van der Waals surface area contributed by atoms with Crippen molar-refractivity contribution in [1.29, 1.82) is 0 Å². The number of rotatable bonds is 4. The summed E-state index contributed by atoms with van der Waals surface area (Å²) in [7, 11) is 0. The van der Waals surface area contributed by atoms with Gasteiger partial charge in [0.1, 0.15) is 0 Å². The van der Waals surface area contributed by atoms with Gasteiger partial charge in [-0.1, -0.05) is 26.8 Å². The predicted octanol–water partition coefficient (Wildman–Crippen LogP) is 3.30. The lowest BCUT2D eigenvalue weighted by molar-refractivity contribution is -0.123. The maximum atomic E-state index is 12.6. The number of likely N-dealkylation sites (tertiary alicyclic amines) is 1. The van der Waals surface area contributed by atoms with Crippen LogP contribution in [0.3, 0.4) is 0 Å². The summed E-state index contributed by atoms with van der Waals surface area (Å²) < 4.78 is 5.17. The highest BCUT2D eigenvalue weighted by atomic mass is 16.3. The van der Waals surface area contributed by atoms with E-state index in [9.17, 15) is 14.4 Å². The van der Waals surface area contributed by atoms with E-state index in [1.54, 1.807) is 41.3 Å². The molecule has 1 saturated heterocycles. The molecule has 3 amide bonds. The molecule has 7 nitrogen and oxygen atoms in total. The van der Waals surface area contributed by atoms with Crippen LogP contribution in [0.15, 0.2) is 47.1 Å². The minimum Gasteiger partial charge on any atom is -0.459 e. The quantitative estimate of drug-likeness (QED) is 0.828. The van der Waals surface area contributed by atoms with Crippen molar-refractivity contribution in [3.05, 3.63) is 54.0 Å². The summed E-state index contributed by atoms with van der Waals surface area (Å²) in [5.41, 5.74) is 0.571. The first-order valence-corrected chi connectivity index (χ1v) is 9.79. The number of hydrogen-bond acceptors (Lipinski definition) is 4. The average Bonchev–Trinajstić information content (AvgIpc) is 3.22. The Labute approximate surface area is 170 Å². The number of carbonyl (C=O) groups excluding carboxylic acids is 3. The Kier molecular flexibility index (Phi) is 6.06. The zero-order valence-electron chi connectivity index (χ0n) is 17.0. The van der Waals surface area contributed by atoms with E-state index >= 15 is 0 Å². The molecule has 3 rings (SSSR count). The monoisotopic (exact) mass is 397 g/mol. The van der Waals surface area contributed by atoms with Gasteiger partial charge in [-0.25, -0.2) is 0 Å². The molecule has 0 unspecified atom stereocenters. The second-order valence-electron chi connectivity index (χ2n) is 8.30. The second kappa shape index (κ2) is 8.51. The van der Waals surface area contributed by atoms with Crippen LogP contribution in [0.2, 0.25) is 0 Å². The fraction of sp³-hybridized carbons (Fsp3) is 0.409. The van der Waals surface area contributed by atoms with E-state index in [0.717, 1.165) is 0 Å². The lowest BCUT2D eigenvalue weighted by Crippen LogP contribution is -2.46. The maximum absolute atomic E-state index is 12.6. The Hall–Kier alpha value is -3.09. The number of anilines is 1. The molecule has 0 radical (unpaired) electrons. The first-order valence-electron chi connectivity index (χ1n) is 9.79. The third-order valence-electron chi connectivity index (χ3n) is 4.91. The Balaban J connectivity index is 1.54. The molecule has 29 heavy (non-hydrogen) atoms.